The van der Waals surface area contributed by atoms with Crippen LogP contribution < -0.4 is 10.6 Å². The molecule has 0 aromatic carbocycles. The number of piperidine rings is 1. The normalized spacial score (nSPS) is 19.2. The maximum Gasteiger partial charge on any atom is 0.335 e. The summed E-state index contributed by atoms with van der Waals surface area (Å²) in [5.41, 5.74) is 0.0809. The van der Waals surface area contributed by atoms with E-state index in [0.717, 1.165) is 0 Å². The fourth-order valence-corrected chi connectivity index (χ4v) is 1.97. The smallest absolute Gasteiger partial charge is 0.335 e. The number of aromatic carboxylic acids is 1. The van der Waals surface area contributed by atoms with Crippen LogP contribution in [0.15, 0.2) is 12.1 Å². The van der Waals surface area contributed by atoms with Gasteiger partial charge in [-0.3, -0.25) is 4.79 Å². The van der Waals surface area contributed by atoms with E-state index in [-0.39, 0.29) is 22.7 Å². The number of carboxylic acid groups (broad SMARTS) is 1. The lowest BCUT2D eigenvalue weighted by atomic mass is 10.1. The molecule has 6 nitrogen and oxygen atoms in total. The average Bonchev–Trinajstić information content (AvgIpc) is 2.31. The zero-order valence-corrected chi connectivity index (χ0v) is 10.2. The van der Waals surface area contributed by atoms with Gasteiger partial charge in [-0.25, -0.2) is 9.78 Å². The Morgan fingerprint density at radius 2 is 2.33 bits per heavy atom. The number of aromatic nitrogens is 1. The van der Waals surface area contributed by atoms with E-state index < -0.39 is 5.97 Å². The lowest BCUT2D eigenvalue weighted by Crippen LogP contribution is -2.42. The van der Waals surface area contributed by atoms with E-state index >= 15 is 0 Å². The molecule has 1 fully saturated rings. The third-order valence-electron chi connectivity index (χ3n) is 2.66. The van der Waals surface area contributed by atoms with E-state index in [1.54, 1.807) is 0 Å². The second kappa shape index (κ2) is 5.22. The van der Waals surface area contributed by atoms with Crippen molar-refractivity contribution in [2.45, 2.75) is 18.9 Å². The molecule has 1 saturated heterocycles. The third-order valence-corrected chi connectivity index (χ3v) is 2.85. The standard InChI is InChI=1S/C11H12ClN3O3/c12-8-3-6(11(17)18)4-9(15-8)14-7-1-2-10(16)13-5-7/h3-4,7H,1-2,5H2,(H,13,16)(H,14,15)(H,17,18). The van der Waals surface area contributed by atoms with Gasteiger partial charge < -0.3 is 15.7 Å². The van der Waals surface area contributed by atoms with Gasteiger partial charge >= 0.3 is 5.97 Å². The first-order valence-corrected chi connectivity index (χ1v) is 5.86. The van der Waals surface area contributed by atoms with Gasteiger partial charge in [-0.05, 0) is 18.6 Å². The molecule has 1 atom stereocenters. The molecule has 2 rings (SSSR count). The highest BCUT2D eigenvalue weighted by Crippen LogP contribution is 2.17. The van der Waals surface area contributed by atoms with Crippen LogP contribution in [0.3, 0.4) is 0 Å². The summed E-state index contributed by atoms with van der Waals surface area (Å²) in [6.07, 6.45) is 1.13. The van der Waals surface area contributed by atoms with Crippen molar-refractivity contribution in [2.75, 3.05) is 11.9 Å². The van der Waals surface area contributed by atoms with Crippen LogP contribution in [0, 0.1) is 0 Å². The number of rotatable bonds is 3. The second-order valence-corrected chi connectivity index (χ2v) is 4.44. The Morgan fingerprint density at radius 3 is 2.94 bits per heavy atom. The summed E-state index contributed by atoms with van der Waals surface area (Å²) in [4.78, 5) is 25.9. The highest BCUT2D eigenvalue weighted by molar-refractivity contribution is 6.29. The van der Waals surface area contributed by atoms with Crippen LogP contribution in [0.2, 0.25) is 5.15 Å². The summed E-state index contributed by atoms with van der Waals surface area (Å²) in [5, 5.41) is 14.8. The van der Waals surface area contributed by atoms with E-state index in [4.69, 9.17) is 16.7 Å². The van der Waals surface area contributed by atoms with E-state index in [2.05, 4.69) is 15.6 Å². The molecule has 2 heterocycles. The van der Waals surface area contributed by atoms with Crippen molar-refractivity contribution in [3.63, 3.8) is 0 Å². The number of pyridine rings is 1. The van der Waals surface area contributed by atoms with Gasteiger partial charge in [-0.15, -0.1) is 0 Å². The van der Waals surface area contributed by atoms with Gasteiger partial charge in [0.25, 0.3) is 0 Å². The molecule has 0 aliphatic carbocycles. The number of carbonyl (C=O) groups excluding carboxylic acids is 1. The van der Waals surface area contributed by atoms with Crippen LogP contribution in [-0.2, 0) is 4.79 Å². The molecular weight excluding hydrogens is 258 g/mol. The molecule has 7 heteroatoms. The van der Waals surface area contributed by atoms with Crippen molar-refractivity contribution < 1.29 is 14.7 Å². The Labute approximate surface area is 108 Å². The Bertz CT molecular complexity index is 482. The molecule has 1 aromatic heterocycles. The summed E-state index contributed by atoms with van der Waals surface area (Å²) >= 11 is 5.75. The van der Waals surface area contributed by atoms with Crippen LogP contribution in [0.1, 0.15) is 23.2 Å². The molecule has 1 amide bonds. The fraction of sp³-hybridized carbons (Fsp3) is 0.364. The number of carbonyl (C=O) groups is 2. The summed E-state index contributed by atoms with van der Waals surface area (Å²) in [6, 6.07) is 2.75. The number of carboxylic acids is 1. The van der Waals surface area contributed by atoms with E-state index in [1.165, 1.54) is 12.1 Å². The predicted molar refractivity (Wildman–Crippen MR) is 65.9 cm³/mol. The van der Waals surface area contributed by atoms with Crippen LogP contribution in [0.25, 0.3) is 0 Å². The summed E-state index contributed by atoms with van der Waals surface area (Å²) in [6.45, 7) is 0.495. The number of anilines is 1. The lowest BCUT2D eigenvalue weighted by molar-refractivity contribution is -0.122. The molecule has 18 heavy (non-hydrogen) atoms. The summed E-state index contributed by atoms with van der Waals surface area (Å²) in [7, 11) is 0. The number of amides is 1. The maximum absolute atomic E-state index is 11.0. The number of halogens is 1. The SMILES string of the molecule is O=C1CCC(Nc2cc(C(=O)O)cc(Cl)n2)CN1. The Balaban J connectivity index is 2.09. The van der Waals surface area contributed by atoms with E-state index in [9.17, 15) is 9.59 Å². The highest BCUT2D eigenvalue weighted by Gasteiger charge is 2.18. The minimum absolute atomic E-state index is 0.0262. The topological polar surface area (TPSA) is 91.3 Å². The van der Waals surface area contributed by atoms with Gasteiger partial charge in [0.15, 0.2) is 0 Å². The van der Waals surface area contributed by atoms with Gasteiger partial charge in [-0.1, -0.05) is 11.6 Å². The van der Waals surface area contributed by atoms with Crippen molar-refractivity contribution in [3.8, 4) is 0 Å². The molecule has 96 valence electrons. The van der Waals surface area contributed by atoms with Gasteiger partial charge in [0.05, 0.1) is 5.56 Å². The third kappa shape index (κ3) is 3.10. The number of nitrogens with zero attached hydrogens (tertiary/aromatic N) is 1. The fourth-order valence-electron chi connectivity index (χ4n) is 1.76. The summed E-state index contributed by atoms with van der Waals surface area (Å²) < 4.78 is 0. The Morgan fingerprint density at radius 1 is 1.56 bits per heavy atom. The Kier molecular flexibility index (Phi) is 3.66. The predicted octanol–water partition coefficient (Wildman–Crippen LogP) is 1.12. The highest BCUT2D eigenvalue weighted by atomic mass is 35.5. The van der Waals surface area contributed by atoms with Crippen molar-refractivity contribution in [1.29, 1.82) is 0 Å². The minimum Gasteiger partial charge on any atom is -0.478 e. The quantitative estimate of drug-likeness (QED) is 0.716. The largest absolute Gasteiger partial charge is 0.478 e. The summed E-state index contributed by atoms with van der Waals surface area (Å²) in [5.74, 6) is -0.626. The van der Waals surface area contributed by atoms with Crippen LogP contribution >= 0.6 is 11.6 Å². The first-order valence-electron chi connectivity index (χ1n) is 5.49. The van der Waals surface area contributed by atoms with Crippen LogP contribution in [0.4, 0.5) is 5.82 Å². The molecule has 0 radical (unpaired) electrons. The molecule has 0 saturated carbocycles. The first-order chi connectivity index (χ1) is 8.54. The molecule has 0 spiro atoms. The van der Waals surface area contributed by atoms with E-state index in [1.807, 2.05) is 0 Å². The molecular formula is C11H12ClN3O3. The van der Waals surface area contributed by atoms with Crippen LogP contribution in [0.5, 0.6) is 0 Å². The monoisotopic (exact) mass is 269 g/mol. The number of hydrogen-bond donors (Lipinski definition) is 3. The molecule has 1 aromatic rings. The maximum atomic E-state index is 11.0. The van der Waals surface area contributed by atoms with Crippen molar-refractivity contribution >= 4 is 29.3 Å². The molecule has 3 N–H and O–H groups in total. The number of nitrogens with one attached hydrogen (secondary N) is 2. The van der Waals surface area contributed by atoms with Crippen molar-refractivity contribution in [3.05, 3.63) is 22.8 Å². The zero-order valence-electron chi connectivity index (χ0n) is 9.44. The van der Waals surface area contributed by atoms with Gasteiger partial charge in [-0.2, -0.15) is 0 Å². The number of hydrogen-bond acceptors (Lipinski definition) is 4. The lowest BCUT2D eigenvalue weighted by Gasteiger charge is -2.24. The van der Waals surface area contributed by atoms with Gasteiger partial charge in [0.1, 0.15) is 11.0 Å². The molecule has 1 aliphatic heterocycles. The molecule has 1 unspecified atom stereocenters. The van der Waals surface area contributed by atoms with Crippen molar-refractivity contribution in [2.24, 2.45) is 0 Å². The Hall–Kier alpha value is -1.82. The average molecular weight is 270 g/mol. The second-order valence-electron chi connectivity index (χ2n) is 4.05. The van der Waals surface area contributed by atoms with E-state index in [0.29, 0.717) is 25.2 Å². The van der Waals surface area contributed by atoms with Crippen LogP contribution in [-0.4, -0.2) is 34.6 Å². The van der Waals surface area contributed by atoms with Gasteiger partial charge in [0.2, 0.25) is 5.91 Å². The first kappa shape index (κ1) is 12.6. The van der Waals surface area contributed by atoms with Crippen molar-refractivity contribution in [1.82, 2.24) is 10.3 Å². The van der Waals surface area contributed by atoms with Gasteiger partial charge in [0, 0.05) is 19.0 Å². The minimum atomic E-state index is -1.06. The molecule has 0 bridgehead atoms. The zero-order chi connectivity index (χ0) is 13.1. The molecule has 1 aliphatic rings.